The molecule has 0 spiro atoms. The third-order valence-electron chi connectivity index (χ3n) is 3.50. The van der Waals surface area contributed by atoms with Crippen LogP contribution in [-0.4, -0.2) is 40.3 Å². The molecule has 2 nitrogen and oxygen atoms in total. The van der Waals surface area contributed by atoms with Crippen LogP contribution in [0.2, 0.25) is 0 Å². The Balaban J connectivity index is 1.57. The second kappa shape index (κ2) is 4.89. The molecular formula is C12H19BrN2S. The van der Waals surface area contributed by atoms with Gasteiger partial charge in [0.25, 0.3) is 0 Å². The lowest BCUT2D eigenvalue weighted by atomic mass is 10.3. The number of nitrogens with zero attached hydrogens (tertiary/aromatic N) is 2. The molecule has 0 aromatic heterocycles. The van der Waals surface area contributed by atoms with Gasteiger partial charge in [-0.25, -0.2) is 0 Å². The summed E-state index contributed by atoms with van der Waals surface area (Å²) < 4.78 is 0. The van der Waals surface area contributed by atoms with E-state index in [0.29, 0.717) is 5.25 Å². The van der Waals surface area contributed by atoms with Crippen LogP contribution in [0.15, 0.2) is 4.99 Å². The number of thioether (sulfide) groups is 1. The Bertz CT molecular complexity index is 273. The molecule has 16 heavy (non-hydrogen) atoms. The molecule has 0 aromatic carbocycles. The quantitative estimate of drug-likeness (QED) is 0.726. The highest BCUT2D eigenvalue weighted by molar-refractivity contribution is 9.09. The molecule has 1 atom stereocenters. The Morgan fingerprint density at radius 2 is 1.81 bits per heavy atom. The molecule has 0 amide bonds. The van der Waals surface area contributed by atoms with Crippen molar-refractivity contribution in [1.82, 2.24) is 4.90 Å². The van der Waals surface area contributed by atoms with Crippen molar-refractivity contribution in [2.45, 2.75) is 30.9 Å². The van der Waals surface area contributed by atoms with Crippen molar-refractivity contribution in [3.63, 3.8) is 0 Å². The number of hydrogen-bond donors (Lipinski definition) is 0. The van der Waals surface area contributed by atoms with Crippen molar-refractivity contribution in [2.75, 3.05) is 25.0 Å². The lowest BCUT2D eigenvalue weighted by molar-refractivity contribution is 0.389. The third kappa shape index (κ3) is 2.95. The summed E-state index contributed by atoms with van der Waals surface area (Å²) in [6.07, 6.45) is 5.78. The minimum Gasteiger partial charge on any atom is -0.351 e. The average Bonchev–Trinajstić information content (AvgIpc) is 3.21. The number of hydrogen-bond acceptors (Lipinski definition) is 3. The van der Waals surface area contributed by atoms with E-state index in [0.717, 1.165) is 23.7 Å². The molecule has 2 saturated carbocycles. The number of alkyl halides is 1. The summed E-state index contributed by atoms with van der Waals surface area (Å²) in [5, 5.41) is 3.09. The zero-order chi connectivity index (χ0) is 11.0. The van der Waals surface area contributed by atoms with Crippen LogP contribution >= 0.6 is 27.7 Å². The van der Waals surface area contributed by atoms with Crippen LogP contribution in [-0.2, 0) is 0 Å². The molecule has 0 bridgehead atoms. The largest absolute Gasteiger partial charge is 0.351 e. The standard InChI is InChI=1S/C12H19BrN2S/c13-5-11-6-14-12(16-11)15(7-9-1-2-9)8-10-3-4-10/h9-11H,1-8H2. The number of amidine groups is 1. The van der Waals surface area contributed by atoms with Gasteiger partial charge in [0.2, 0.25) is 0 Å². The van der Waals surface area contributed by atoms with Gasteiger partial charge in [-0.15, -0.1) is 0 Å². The Morgan fingerprint density at radius 3 is 2.25 bits per heavy atom. The highest BCUT2D eigenvalue weighted by Crippen LogP contribution is 2.36. The first-order valence-corrected chi connectivity index (χ1v) is 8.37. The fourth-order valence-corrected chi connectivity index (χ4v) is 3.67. The van der Waals surface area contributed by atoms with E-state index >= 15 is 0 Å². The Kier molecular flexibility index (Phi) is 3.48. The van der Waals surface area contributed by atoms with Gasteiger partial charge in [0.1, 0.15) is 0 Å². The number of halogens is 1. The third-order valence-corrected chi connectivity index (χ3v) is 5.95. The predicted molar refractivity (Wildman–Crippen MR) is 74.5 cm³/mol. The van der Waals surface area contributed by atoms with E-state index in [2.05, 4.69) is 20.8 Å². The summed E-state index contributed by atoms with van der Waals surface area (Å²) in [6.45, 7) is 3.56. The van der Waals surface area contributed by atoms with Gasteiger partial charge in [0, 0.05) is 23.7 Å². The van der Waals surface area contributed by atoms with Gasteiger partial charge in [0.05, 0.1) is 6.54 Å². The van der Waals surface area contributed by atoms with Gasteiger partial charge in [-0.3, -0.25) is 4.99 Å². The van der Waals surface area contributed by atoms with Crippen molar-refractivity contribution in [3.05, 3.63) is 0 Å². The van der Waals surface area contributed by atoms with Crippen molar-refractivity contribution >= 4 is 32.9 Å². The van der Waals surface area contributed by atoms with E-state index in [1.54, 1.807) is 0 Å². The Labute approximate surface area is 110 Å². The topological polar surface area (TPSA) is 15.6 Å². The summed E-state index contributed by atoms with van der Waals surface area (Å²) in [5.74, 6) is 1.95. The maximum Gasteiger partial charge on any atom is 0.159 e. The summed E-state index contributed by atoms with van der Waals surface area (Å²) in [6, 6.07) is 0. The summed E-state index contributed by atoms with van der Waals surface area (Å²) >= 11 is 5.55. The SMILES string of the molecule is BrCC1CN=C(N(CC2CC2)CC2CC2)S1. The van der Waals surface area contributed by atoms with Gasteiger partial charge in [-0.05, 0) is 37.5 Å². The van der Waals surface area contributed by atoms with Crippen LogP contribution in [0.25, 0.3) is 0 Å². The van der Waals surface area contributed by atoms with Crippen molar-refractivity contribution < 1.29 is 0 Å². The molecule has 1 unspecified atom stereocenters. The van der Waals surface area contributed by atoms with Crippen LogP contribution in [0.4, 0.5) is 0 Å². The van der Waals surface area contributed by atoms with E-state index in [9.17, 15) is 0 Å². The number of aliphatic imine (C=N–C) groups is 1. The lowest BCUT2D eigenvalue weighted by Gasteiger charge is -2.24. The summed E-state index contributed by atoms with van der Waals surface area (Å²) in [4.78, 5) is 7.31. The monoisotopic (exact) mass is 302 g/mol. The maximum absolute atomic E-state index is 4.73. The van der Waals surface area contributed by atoms with E-state index in [-0.39, 0.29) is 0 Å². The van der Waals surface area contributed by atoms with Crippen LogP contribution < -0.4 is 0 Å². The van der Waals surface area contributed by atoms with E-state index in [1.807, 2.05) is 11.8 Å². The maximum atomic E-state index is 4.73. The summed E-state index contributed by atoms with van der Waals surface area (Å²) in [7, 11) is 0. The van der Waals surface area contributed by atoms with Gasteiger partial charge < -0.3 is 4.90 Å². The first kappa shape index (κ1) is 11.4. The van der Waals surface area contributed by atoms with Gasteiger partial charge in [-0.1, -0.05) is 27.7 Å². The fraction of sp³-hybridized carbons (Fsp3) is 0.917. The van der Waals surface area contributed by atoms with Crippen LogP contribution in [0.5, 0.6) is 0 Å². The smallest absolute Gasteiger partial charge is 0.159 e. The lowest BCUT2D eigenvalue weighted by Crippen LogP contribution is -2.32. The van der Waals surface area contributed by atoms with Gasteiger partial charge in [-0.2, -0.15) is 0 Å². The first-order valence-electron chi connectivity index (χ1n) is 6.37. The van der Waals surface area contributed by atoms with Crippen molar-refractivity contribution in [1.29, 1.82) is 0 Å². The molecular weight excluding hydrogens is 284 g/mol. The molecule has 4 heteroatoms. The molecule has 1 heterocycles. The molecule has 3 aliphatic rings. The zero-order valence-electron chi connectivity index (χ0n) is 9.57. The van der Waals surface area contributed by atoms with Gasteiger partial charge in [0.15, 0.2) is 5.17 Å². The number of rotatable bonds is 5. The van der Waals surface area contributed by atoms with E-state index < -0.39 is 0 Å². The van der Waals surface area contributed by atoms with Crippen LogP contribution in [0.3, 0.4) is 0 Å². The van der Waals surface area contributed by atoms with Crippen LogP contribution in [0, 0.1) is 11.8 Å². The second-order valence-corrected chi connectivity index (χ2v) is 7.22. The first-order chi connectivity index (χ1) is 7.85. The molecule has 0 saturated heterocycles. The Morgan fingerprint density at radius 1 is 1.19 bits per heavy atom. The normalized spacial score (nSPS) is 29.3. The van der Waals surface area contributed by atoms with Crippen LogP contribution in [0.1, 0.15) is 25.7 Å². The molecule has 3 rings (SSSR count). The molecule has 2 aliphatic carbocycles. The van der Waals surface area contributed by atoms with Crippen molar-refractivity contribution in [2.24, 2.45) is 16.8 Å². The molecule has 1 aliphatic heterocycles. The minimum atomic E-state index is 0.677. The highest BCUT2D eigenvalue weighted by Gasteiger charge is 2.32. The van der Waals surface area contributed by atoms with Gasteiger partial charge >= 0.3 is 0 Å². The molecule has 0 N–H and O–H groups in total. The van der Waals surface area contributed by atoms with E-state index in [1.165, 1.54) is 43.9 Å². The zero-order valence-corrected chi connectivity index (χ0v) is 12.0. The predicted octanol–water partition coefficient (Wildman–Crippen LogP) is 2.97. The van der Waals surface area contributed by atoms with Crippen molar-refractivity contribution in [3.8, 4) is 0 Å². The summed E-state index contributed by atoms with van der Waals surface area (Å²) in [5.41, 5.74) is 0. The minimum absolute atomic E-state index is 0.677. The molecule has 0 radical (unpaired) electrons. The highest BCUT2D eigenvalue weighted by atomic mass is 79.9. The Hall–Kier alpha value is 0.300. The van der Waals surface area contributed by atoms with E-state index in [4.69, 9.17) is 4.99 Å². The fourth-order valence-electron chi connectivity index (χ4n) is 2.11. The molecule has 90 valence electrons. The molecule has 2 fully saturated rings. The average molecular weight is 303 g/mol. The second-order valence-electron chi connectivity index (χ2n) is 5.31. The molecule has 0 aromatic rings.